The second-order valence-electron chi connectivity index (χ2n) is 3.87. The van der Waals surface area contributed by atoms with Gasteiger partial charge in [-0.1, -0.05) is 19.1 Å². The number of furan rings is 1. The van der Waals surface area contributed by atoms with Crippen LogP contribution in [0.3, 0.4) is 0 Å². The van der Waals surface area contributed by atoms with Gasteiger partial charge in [0.1, 0.15) is 0 Å². The number of anilines is 1. The number of nitrogens with one attached hydrogen (secondary N) is 1. The maximum atomic E-state index is 11.6. The molecule has 1 aromatic heterocycles. The van der Waals surface area contributed by atoms with Gasteiger partial charge >= 0.3 is 0 Å². The molecule has 3 heteroatoms. The molecule has 0 unspecified atom stereocenters. The molecule has 0 saturated carbocycles. The lowest BCUT2D eigenvalue weighted by Gasteiger charge is -2.01. The van der Waals surface area contributed by atoms with Gasteiger partial charge < -0.3 is 9.73 Å². The molecule has 18 heavy (non-hydrogen) atoms. The molecule has 0 bridgehead atoms. The zero-order valence-electron chi connectivity index (χ0n) is 10.2. The SMILES string of the molecule is CCc1ccc(N/C=C/C(=O)c2ccco2)cc1. The topological polar surface area (TPSA) is 42.2 Å². The average molecular weight is 241 g/mol. The minimum atomic E-state index is -0.155. The smallest absolute Gasteiger partial charge is 0.222 e. The Morgan fingerprint density at radius 3 is 2.67 bits per heavy atom. The lowest BCUT2D eigenvalue weighted by atomic mass is 10.1. The molecule has 0 spiro atoms. The van der Waals surface area contributed by atoms with Gasteiger partial charge in [0.05, 0.1) is 6.26 Å². The first-order chi connectivity index (χ1) is 8.79. The quantitative estimate of drug-likeness (QED) is 0.641. The van der Waals surface area contributed by atoms with Crippen LogP contribution < -0.4 is 5.32 Å². The van der Waals surface area contributed by atoms with E-state index in [1.165, 1.54) is 17.9 Å². The van der Waals surface area contributed by atoms with E-state index >= 15 is 0 Å². The number of carbonyl (C=O) groups excluding carboxylic acids is 1. The van der Waals surface area contributed by atoms with E-state index in [4.69, 9.17) is 4.42 Å². The number of rotatable bonds is 5. The van der Waals surface area contributed by atoms with E-state index in [0.717, 1.165) is 12.1 Å². The highest BCUT2D eigenvalue weighted by Crippen LogP contribution is 2.10. The van der Waals surface area contributed by atoms with Gasteiger partial charge in [-0.05, 0) is 36.2 Å². The van der Waals surface area contributed by atoms with Crippen molar-refractivity contribution in [3.8, 4) is 0 Å². The molecule has 2 rings (SSSR count). The molecular formula is C15H15NO2. The van der Waals surface area contributed by atoms with Gasteiger partial charge in [0.25, 0.3) is 0 Å². The monoisotopic (exact) mass is 241 g/mol. The summed E-state index contributed by atoms with van der Waals surface area (Å²) in [6.45, 7) is 2.12. The second-order valence-corrected chi connectivity index (χ2v) is 3.87. The summed E-state index contributed by atoms with van der Waals surface area (Å²) in [5.41, 5.74) is 2.24. The fourth-order valence-electron chi connectivity index (χ4n) is 1.55. The first-order valence-corrected chi connectivity index (χ1v) is 5.89. The Hall–Kier alpha value is -2.29. The number of benzene rings is 1. The molecular weight excluding hydrogens is 226 g/mol. The van der Waals surface area contributed by atoms with Crippen molar-refractivity contribution in [2.75, 3.05) is 5.32 Å². The van der Waals surface area contributed by atoms with Crippen LogP contribution in [0.1, 0.15) is 23.0 Å². The molecule has 92 valence electrons. The number of hydrogen-bond acceptors (Lipinski definition) is 3. The third-order valence-electron chi connectivity index (χ3n) is 2.61. The number of aryl methyl sites for hydroxylation is 1. The standard InChI is InChI=1S/C15H15NO2/c1-2-12-5-7-13(8-6-12)16-10-9-14(17)15-4-3-11-18-15/h3-11,16H,2H2,1H3/b10-9+. The van der Waals surface area contributed by atoms with Crippen molar-refractivity contribution in [2.45, 2.75) is 13.3 Å². The molecule has 0 aliphatic rings. The van der Waals surface area contributed by atoms with Gasteiger partial charge in [-0.25, -0.2) is 0 Å². The first-order valence-electron chi connectivity index (χ1n) is 5.89. The van der Waals surface area contributed by atoms with Crippen LogP contribution in [0.5, 0.6) is 0 Å². The van der Waals surface area contributed by atoms with Crippen LogP contribution in [0.4, 0.5) is 5.69 Å². The van der Waals surface area contributed by atoms with Crippen LogP contribution in [0.25, 0.3) is 0 Å². The van der Waals surface area contributed by atoms with Gasteiger partial charge in [0.2, 0.25) is 5.78 Å². The largest absolute Gasteiger partial charge is 0.461 e. The van der Waals surface area contributed by atoms with Gasteiger partial charge in [0.15, 0.2) is 5.76 Å². The Morgan fingerprint density at radius 1 is 1.28 bits per heavy atom. The van der Waals surface area contributed by atoms with Crippen LogP contribution >= 0.6 is 0 Å². The Bertz CT molecular complexity index is 524. The summed E-state index contributed by atoms with van der Waals surface area (Å²) in [4.78, 5) is 11.6. The zero-order chi connectivity index (χ0) is 12.8. The fourth-order valence-corrected chi connectivity index (χ4v) is 1.55. The van der Waals surface area contributed by atoms with E-state index in [1.54, 1.807) is 18.3 Å². The van der Waals surface area contributed by atoms with Crippen LogP contribution in [0.2, 0.25) is 0 Å². The van der Waals surface area contributed by atoms with E-state index in [1.807, 2.05) is 12.1 Å². The van der Waals surface area contributed by atoms with Crippen molar-refractivity contribution in [3.05, 3.63) is 66.3 Å². The van der Waals surface area contributed by atoms with Crippen LogP contribution in [-0.2, 0) is 6.42 Å². The second kappa shape index (κ2) is 5.87. The number of hydrogen-bond donors (Lipinski definition) is 1. The third kappa shape index (κ3) is 3.10. The number of carbonyl (C=O) groups is 1. The maximum absolute atomic E-state index is 11.6. The van der Waals surface area contributed by atoms with E-state index in [9.17, 15) is 4.79 Å². The van der Waals surface area contributed by atoms with E-state index in [0.29, 0.717) is 5.76 Å². The van der Waals surface area contributed by atoms with Crippen molar-refractivity contribution in [3.63, 3.8) is 0 Å². The molecule has 0 radical (unpaired) electrons. The maximum Gasteiger partial charge on any atom is 0.222 e. The van der Waals surface area contributed by atoms with Gasteiger partial charge in [-0.15, -0.1) is 0 Å². The van der Waals surface area contributed by atoms with Crippen LogP contribution in [0.15, 0.2) is 59.4 Å². The van der Waals surface area contributed by atoms with Gasteiger partial charge in [0, 0.05) is 18.0 Å². The predicted molar refractivity (Wildman–Crippen MR) is 71.6 cm³/mol. The Balaban J connectivity index is 1.92. The molecule has 0 fully saturated rings. The van der Waals surface area contributed by atoms with Crippen molar-refractivity contribution in [2.24, 2.45) is 0 Å². The molecule has 0 aliphatic carbocycles. The minimum absolute atomic E-state index is 0.155. The van der Waals surface area contributed by atoms with Crippen molar-refractivity contribution >= 4 is 11.5 Å². The van der Waals surface area contributed by atoms with Crippen molar-refractivity contribution in [1.82, 2.24) is 0 Å². The normalized spacial score (nSPS) is 10.7. The van der Waals surface area contributed by atoms with Crippen molar-refractivity contribution < 1.29 is 9.21 Å². The summed E-state index contributed by atoms with van der Waals surface area (Å²) >= 11 is 0. The van der Waals surface area contributed by atoms with E-state index in [2.05, 4.69) is 24.4 Å². The summed E-state index contributed by atoms with van der Waals surface area (Å²) in [7, 11) is 0. The Kier molecular flexibility index (Phi) is 3.97. The van der Waals surface area contributed by atoms with Crippen LogP contribution in [-0.4, -0.2) is 5.78 Å². The lowest BCUT2D eigenvalue weighted by molar-refractivity contribution is 0.102. The summed E-state index contributed by atoms with van der Waals surface area (Å²) in [5.74, 6) is 0.187. The molecule has 0 aliphatic heterocycles. The summed E-state index contributed by atoms with van der Waals surface area (Å²) in [6.07, 6.45) is 5.57. The summed E-state index contributed by atoms with van der Waals surface area (Å²) < 4.78 is 5.00. The zero-order valence-corrected chi connectivity index (χ0v) is 10.2. The molecule has 1 aromatic carbocycles. The van der Waals surface area contributed by atoms with Crippen molar-refractivity contribution in [1.29, 1.82) is 0 Å². The fraction of sp³-hybridized carbons (Fsp3) is 0.133. The summed E-state index contributed by atoms with van der Waals surface area (Å²) in [5, 5.41) is 3.05. The molecule has 0 saturated heterocycles. The third-order valence-corrected chi connectivity index (χ3v) is 2.61. The number of allylic oxidation sites excluding steroid dienone is 1. The Labute approximate surface area is 106 Å². The van der Waals surface area contributed by atoms with E-state index in [-0.39, 0.29) is 5.78 Å². The van der Waals surface area contributed by atoms with Gasteiger partial charge in [-0.3, -0.25) is 4.79 Å². The minimum Gasteiger partial charge on any atom is -0.461 e. The lowest BCUT2D eigenvalue weighted by Crippen LogP contribution is -1.94. The predicted octanol–water partition coefficient (Wildman–Crippen LogP) is 3.65. The molecule has 0 amide bonds. The van der Waals surface area contributed by atoms with Crippen LogP contribution in [0, 0.1) is 0 Å². The first kappa shape index (κ1) is 12.2. The number of ketones is 1. The molecule has 1 heterocycles. The molecule has 2 aromatic rings. The highest BCUT2D eigenvalue weighted by molar-refractivity contribution is 6.02. The average Bonchev–Trinajstić information content (AvgIpc) is 2.93. The summed E-state index contributed by atoms with van der Waals surface area (Å²) in [6, 6.07) is 11.4. The highest BCUT2D eigenvalue weighted by atomic mass is 16.3. The van der Waals surface area contributed by atoms with E-state index < -0.39 is 0 Å². The molecule has 0 atom stereocenters. The highest BCUT2D eigenvalue weighted by Gasteiger charge is 2.02. The molecule has 3 nitrogen and oxygen atoms in total. The molecule has 1 N–H and O–H groups in total. The van der Waals surface area contributed by atoms with Gasteiger partial charge in [-0.2, -0.15) is 0 Å². The Morgan fingerprint density at radius 2 is 2.06 bits per heavy atom.